The van der Waals surface area contributed by atoms with Crippen LogP contribution in [0.3, 0.4) is 0 Å². The molecule has 0 aromatic carbocycles. The molecule has 2 fully saturated rings. The third-order valence-corrected chi connectivity index (χ3v) is 1.72. The van der Waals surface area contributed by atoms with Crippen molar-refractivity contribution in [2.75, 3.05) is 19.8 Å². The first-order valence-electron chi connectivity index (χ1n) is 3.87. The molecule has 2 unspecified atom stereocenters. The van der Waals surface area contributed by atoms with Gasteiger partial charge in [0.25, 0.3) is 0 Å². The Morgan fingerprint density at radius 3 is 2.62 bits per heavy atom. The maximum Gasteiger partial charge on any atom is 0.341 e. The highest BCUT2D eigenvalue weighted by atomic mass is 16.8. The van der Waals surface area contributed by atoms with E-state index in [1.54, 1.807) is 0 Å². The van der Waals surface area contributed by atoms with Gasteiger partial charge in [0.15, 0.2) is 0 Å². The third kappa shape index (κ3) is 1.63. The summed E-state index contributed by atoms with van der Waals surface area (Å²) < 4.78 is 19.3. The molecule has 0 aromatic rings. The molecule has 2 rings (SSSR count). The summed E-state index contributed by atoms with van der Waals surface area (Å²) in [5, 5.41) is 0. The Labute approximate surface area is 73.7 Å². The summed E-state index contributed by atoms with van der Waals surface area (Å²) in [5.74, 6) is -1.04. The molecular formula is C7H8O6. The molecule has 2 aliphatic rings. The van der Waals surface area contributed by atoms with Crippen molar-refractivity contribution < 1.29 is 28.5 Å². The van der Waals surface area contributed by atoms with Crippen LogP contribution in [0.4, 0.5) is 0 Å². The Hall–Kier alpha value is -1.14. The Morgan fingerprint density at radius 1 is 1.15 bits per heavy atom. The van der Waals surface area contributed by atoms with E-state index < -0.39 is 24.3 Å². The largest absolute Gasteiger partial charge is 0.461 e. The summed E-state index contributed by atoms with van der Waals surface area (Å²) in [5.41, 5.74) is 0. The minimum absolute atomic E-state index is 0.141. The Balaban J connectivity index is 1.98. The summed E-state index contributed by atoms with van der Waals surface area (Å²) in [6.45, 7) is 0.390. The van der Waals surface area contributed by atoms with Gasteiger partial charge in [-0.3, -0.25) is 0 Å². The molecule has 13 heavy (non-hydrogen) atoms. The standard InChI is InChI=1S/C7H8O6/c8-4-3-12-7(13-4)5-6(9)11-2-1-10-5/h5,7H,1-3H2. The molecule has 0 aliphatic carbocycles. The number of rotatable bonds is 1. The molecule has 0 bridgehead atoms. The zero-order valence-electron chi connectivity index (χ0n) is 6.73. The zero-order valence-corrected chi connectivity index (χ0v) is 6.73. The highest BCUT2D eigenvalue weighted by Crippen LogP contribution is 2.16. The number of esters is 2. The Morgan fingerprint density at radius 2 is 2.00 bits per heavy atom. The maximum absolute atomic E-state index is 11.1. The summed E-state index contributed by atoms with van der Waals surface area (Å²) in [6, 6.07) is 0. The second kappa shape index (κ2) is 3.31. The quantitative estimate of drug-likeness (QED) is 0.483. The van der Waals surface area contributed by atoms with Crippen LogP contribution in [-0.4, -0.2) is 44.2 Å². The molecule has 6 nitrogen and oxygen atoms in total. The molecule has 0 N–H and O–H groups in total. The lowest BCUT2D eigenvalue weighted by Crippen LogP contribution is -2.43. The molecule has 2 atom stereocenters. The van der Waals surface area contributed by atoms with E-state index in [-0.39, 0.29) is 13.2 Å². The first-order chi connectivity index (χ1) is 6.27. The van der Waals surface area contributed by atoms with Crippen molar-refractivity contribution in [2.45, 2.75) is 12.4 Å². The van der Waals surface area contributed by atoms with E-state index in [0.717, 1.165) is 0 Å². The van der Waals surface area contributed by atoms with Crippen molar-refractivity contribution in [3.63, 3.8) is 0 Å². The van der Waals surface area contributed by atoms with Crippen LogP contribution in [0.15, 0.2) is 0 Å². The predicted molar refractivity (Wildman–Crippen MR) is 36.5 cm³/mol. The molecular weight excluding hydrogens is 180 g/mol. The van der Waals surface area contributed by atoms with Crippen LogP contribution >= 0.6 is 0 Å². The SMILES string of the molecule is O=C1COC(C2OCCOC2=O)O1. The van der Waals surface area contributed by atoms with E-state index >= 15 is 0 Å². The lowest BCUT2D eigenvalue weighted by Gasteiger charge is -2.24. The van der Waals surface area contributed by atoms with Gasteiger partial charge in [-0.1, -0.05) is 0 Å². The second-order valence-corrected chi connectivity index (χ2v) is 2.63. The number of hydrogen-bond donors (Lipinski definition) is 0. The number of cyclic esters (lactones) is 2. The fraction of sp³-hybridized carbons (Fsp3) is 0.714. The highest BCUT2D eigenvalue weighted by molar-refractivity contribution is 5.78. The highest BCUT2D eigenvalue weighted by Gasteiger charge is 2.40. The Bertz CT molecular complexity index is 237. The zero-order chi connectivity index (χ0) is 9.26. The van der Waals surface area contributed by atoms with Gasteiger partial charge in [0, 0.05) is 0 Å². The van der Waals surface area contributed by atoms with Gasteiger partial charge in [0.05, 0.1) is 6.61 Å². The average molecular weight is 188 g/mol. The first kappa shape index (κ1) is 8.46. The van der Waals surface area contributed by atoms with Gasteiger partial charge < -0.3 is 18.9 Å². The van der Waals surface area contributed by atoms with Gasteiger partial charge in [-0.2, -0.15) is 0 Å². The number of carbonyl (C=O) groups is 2. The van der Waals surface area contributed by atoms with Crippen molar-refractivity contribution in [2.24, 2.45) is 0 Å². The first-order valence-corrected chi connectivity index (χ1v) is 3.87. The minimum Gasteiger partial charge on any atom is -0.461 e. The molecule has 0 amide bonds. The average Bonchev–Trinajstić information content (AvgIpc) is 2.53. The molecule has 6 heteroatoms. The van der Waals surface area contributed by atoms with Crippen molar-refractivity contribution in [3.05, 3.63) is 0 Å². The second-order valence-electron chi connectivity index (χ2n) is 2.63. The van der Waals surface area contributed by atoms with Gasteiger partial charge in [-0.25, -0.2) is 9.59 Å². The van der Waals surface area contributed by atoms with Crippen molar-refractivity contribution >= 4 is 11.9 Å². The molecule has 0 radical (unpaired) electrons. The van der Waals surface area contributed by atoms with E-state index in [0.29, 0.717) is 6.61 Å². The lowest BCUT2D eigenvalue weighted by atomic mass is 10.3. The number of carbonyl (C=O) groups excluding carboxylic acids is 2. The Kier molecular flexibility index (Phi) is 2.15. The monoisotopic (exact) mass is 188 g/mol. The molecule has 2 aliphatic heterocycles. The lowest BCUT2D eigenvalue weighted by molar-refractivity contribution is -0.204. The summed E-state index contributed by atoms with van der Waals surface area (Å²) >= 11 is 0. The van der Waals surface area contributed by atoms with Crippen LogP contribution in [0, 0.1) is 0 Å². The minimum atomic E-state index is -0.944. The fourth-order valence-corrected chi connectivity index (χ4v) is 1.15. The predicted octanol–water partition coefficient (Wildman–Crippen LogP) is -1.17. The van der Waals surface area contributed by atoms with Crippen molar-refractivity contribution in [3.8, 4) is 0 Å². The number of ether oxygens (including phenoxy) is 4. The molecule has 0 spiro atoms. The molecule has 72 valence electrons. The van der Waals surface area contributed by atoms with Crippen LogP contribution < -0.4 is 0 Å². The van der Waals surface area contributed by atoms with Crippen molar-refractivity contribution in [1.82, 2.24) is 0 Å². The van der Waals surface area contributed by atoms with Crippen molar-refractivity contribution in [1.29, 1.82) is 0 Å². The smallest absolute Gasteiger partial charge is 0.341 e. The molecule has 0 aromatic heterocycles. The summed E-state index contributed by atoms with van der Waals surface area (Å²) in [4.78, 5) is 21.7. The van der Waals surface area contributed by atoms with Gasteiger partial charge in [0.2, 0.25) is 12.4 Å². The molecule has 0 saturated carbocycles. The van der Waals surface area contributed by atoms with E-state index in [1.807, 2.05) is 0 Å². The van der Waals surface area contributed by atoms with Gasteiger partial charge in [0.1, 0.15) is 13.2 Å². The van der Waals surface area contributed by atoms with Crippen LogP contribution in [0.1, 0.15) is 0 Å². The normalized spacial score (nSPS) is 34.2. The van der Waals surface area contributed by atoms with E-state index in [9.17, 15) is 9.59 Å². The van der Waals surface area contributed by atoms with E-state index in [1.165, 1.54) is 0 Å². The van der Waals surface area contributed by atoms with Gasteiger partial charge in [-0.05, 0) is 0 Å². The fourth-order valence-electron chi connectivity index (χ4n) is 1.15. The van der Waals surface area contributed by atoms with Gasteiger partial charge in [-0.15, -0.1) is 0 Å². The third-order valence-electron chi connectivity index (χ3n) is 1.72. The van der Waals surface area contributed by atoms with Crippen LogP contribution in [0.2, 0.25) is 0 Å². The van der Waals surface area contributed by atoms with E-state index in [2.05, 4.69) is 4.74 Å². The van der Waals surface area contributed by atoms with E-state index in [4.69, 9.17) is 14.2 Å². The van der Waals surface area contributed by atoms with Crippen LogP contribution in [-0.2, 0) is 28.5 Å². The summed E-state index contributed by atoms with van der Waals surface area (Å²) in [6.07, 6.45) is -1.87. The van der Waals surface area contributed by atoms with Crippen LogP contribution in [0.5, 0.6) is 0 Å². The molecule has 2 heterocycles. The molecule has 2 saturated heterocycles. The topological polar surface area (TPSA) is 71.1 Å². The number of hydrogen-bond acceptors (Lipinski definition) is 6. The summed E-state index contributed by atoms with van der Waals surface area (Å²) in [7, 11) is 0. The van der Waals surface area contributed by atoms with Gasteiger partial charge >= 0.3 is 11.9 Å². The van der Waals surface area contributed by atoms with Crippen LogP contribution in [0.25, 0.3) is 0 Å². The maximum atomic E-state index is 11.1.